The highest BCUT2D eigenvalue weighted by atomic mass is 19.1. The van der Waals surface area contributed by atoms with Crippen molar-refractivity contribution in [3.8, 4) is 0 Å². The van der Waals surface area contributed by atoms with E-state index in [1.165, 1.54) is 32.4 Å². The van der Waals surface area contributed by atoms with Crippen molar-refractivity contribution in [2.75, 3.05) is 31.1 Å². The first-order valence-electron chi connectivity index (χ1n) is 8.11. The summed E-state index contributed by atoms with van der Waals surface area (Å²) in [6.07, 6.45) is 3.76. The number of hydrogen-bond acceptors (Lipinski definition) is 3. The van der Waals surface area contributed by atoms with Gasteiger partial charge < -0.3 is 10.6 Å². The lowest BCUT2D eigenvalue weighted by Gasteiger charge is -2.30. The van der Waals surface area contributed by atoms with Crippen molar-refractivity contribution in [3.05, 3.63) is 29.1 Å². The normalized spacial score (nSPS) is 24.8. The molecule has 0 spiro atoms. The number of nitrogens with zero attached hydrogens (tertiary/aromatic N) is 2. The van der Waals surface area contributed by atoms with Crippen molar-refractivity contribution in [2.45, 2.75) is 45.2 Å². The molecule has 0 amide bonds. The lowest BCUT2D eigenvalue weighted by atomic mass is 10.0. The van der Waals surface area contributed by atoms with Crippen LogP contribution in [0.15, 0.2) is 12.1 Å². The molecule has 2 heterocycles. The van der Waals surface area contributed by atoms with Crippen LogP contribution >= 0.6 is 0 Å². The third-order valence-corrected chi connectivity index (χ3v) is 4.94. The summed E-state index contributed by atoms with van der Waals surface area (Å²) in [7, 11) is 0. The van der Waals surface area contributed by atoms with Gasteiger partial charge in [0.25, 0.3) is 0 Å². The van der Waals surface area contributed by atoms with E-state index in [2.05, 4.69) is 9.80 Å². The minimum Gasteiger partial charge on any atom is -0.370 e. The quantitative estimate of drug-likeness (QED) is 0.909. The van der Waals surface area contributed by atoms with Gasteiger partial charge in [0.05, 0.1) is 0 Å². The van der Waals surface area contributed by atoms with Crippen molar-refractivity contribution >= 4 is 5.69 Å². The highest BCUT2D eigenvalue weighted by Crippen LogP contribution is 2.31. The largest absolute Gasteiger partial charge is 0.370 e. The zero-order valence-electron chi connectivity index (χ0n) is 13.1. The van der Waals surface area contributed by atoms with Gasteiger partial charge >= 0.3 is 0 Å². The monoisotopic (exact) mass is 291 g/mol. The highest BCUT2D eigenvalue weighted by molar-refractivity contribution is 5.57. The molecule has 21 heavy (non-hydrogen) atoms. The first-order valence-corrected chi connectivity index (χ1v) is 8.11. The minimum atomic E-state index is -0.150. The molecule has 3 rings (SSSR count). The average Bonchev–Trinajstić information content (AvgIpc) is 2.78. The lowest BCUT2D eigenvalue weighted by Crippen LogP contribution is -2.37. The van der Waals surface area contributed by atoms with Gasteiger partial charge in [-0.15, -0.1) is 0 Å². The molecular formula is C17H26FN3. The Morgan fingerprint density at radius 2 is 2.00 bits per heavy atom. The second-order valence-electron chi connectivity index (χ2n) is 6.58. The van der Waals surface area contributed by atoms with Crippen molar-refractivity contribution in [3.63, 3.8) is 0 Å². The van der Waals surface area contributed by atoms with E-state index >= 15 is 0 Å². The Labute approximate surface area is 126 Å². The van der Waals surface area contributed by atoms with Crippen LogP contribution in [-0.2, 0) is 0 Å². The van der Waals surface area contributed by atoms with Crippen LogP contribution in [0.5, 0.6) is 0 Å². The fourth-order valence-electron chi connectivity index (χ4n) is 3.75. The van der Waals surface area contributed by atoms with Gasteiger partial charge in [-0.1, -0.05) is 0 Å². The molecule has 2 aliphatic heterocycles. The second-order valence-corrected chi connectivity index (χ2v) is 6.58. The molecule has 0 saturated carbocycles. The van der Waals surface area contributed by atoms with Crippen molar-refractivity contribution in [1.82, 2.24) is 4.90 Å². The Kier molecular flexibility index (Phi) is 4.18. The van der Waals surface area contributed by atoms with Crippen LogP contribution in [0.3, 0.4) is 0 Å². The summed E-state index contributed by atoms with van der Waals surface area (Å²) >= 11 is 0. The summed E-state index contributed by atoms with van der Waals surface area (Å²) in [6.45, 7) is 8.29. The van der Waals surface area contributed by atoms with Crippen LogP contribution in [0.25, 0.3) is 0 Å². The van der Waals surface area contributed by atoms with E-state index < -0.39 is 0 Å². The van der Waals surface area contributed by atoms with Gasteiger partial charge in [0.15, 0.2) is 0 Å². The summed E-state index contributed by atoms with van der Waals surface area (Å²) < 4.78 is 13.9. The molecule has 0 aromatic heterocycles. The number of fused-ring (bicyclic) bond motifs is 1. The average molecular weight is 291 g/mol. The molecule has 3 nitrogen and oxygen atoms in total. The molecule has 1 aromatic carbocycles. The number of hydrogen-bond donors (Lipinski definition) is 1. The number of halogens is 1. The van der Waals surface area contributed by atoms with Crippen molar-refractivity contribution < 1.29 is 4.39 Å². The van der Waals surface area contributed by atoms with Crippen LogP contribution in [0.1, 0.15) is 43.4 Å². The van der Waals surface area contributed by atoms with Gasteiger partial charge in [-0.3, -0.25) is 4.90 Å². The maximum absolute atomic E-state index is 13.9. The van der Waals surface area contributed by atoms with E-state index in [4.69, 9.17) is 5.73 Å². The Bertz CT molecular complexity index is 515. The smallest absolute Gasteiger partial charge is 0.126 e. The second kappa shape index (κ2) is 5.93. The van der Waals surface area contributed by atoms with Gasteiger partial charge in [-0.05, 0) is 62.9 Å². The molecule has 2 aliphatic rings. The maximum Gasteiger partial charge on any atom is 0.126 e. The molecular weight excluding hydrogens is 265 g/mol. The SMILES string of the molecule is Cc1cc(N2CCCN3CCCC3C2)c([C@H](C)N)cc1F. The number of rotatable bonds is 2. The van der Waals surface area contributed by atoms with Crippen LogP contribution < -0.4 is 10.6 Å². The number of nitrogens with two attached hydrogens (primary N) is 1. The third kappa shape index (κ3) is 2.92. The Balaban J connectivity index is 1.93. The predicted octanol–water partition coefficient (Wildman–Crippen LogP) is 2.83. The van der Waals surface area contributed by atoms with Gasteiger partial charge in [-0.2, -0.15) is 0 Å². The first-order chi connectivity index (χ1) is 10.1. The molecule has 2 atom stereocenters. The zero-order chi connectivity index (χ0) is 15.0. The molecule has 0 bridgehead atoms. The molecule has 1 aromatic rings. The summed E-state index contributed by atoms with van der Waals surface area (Å²) in [4.78, 5) is 5.04. The maximum atomic E-state index is 13.9. The van der Waals surface area contributed by atoms with Crippen LogP contribution in [0, 0.1) is 12.7 Å². The molecule has 4 heteroatoms. The standard InChI is InChI=1S/C17H26FN3/c1-12-9-17(15(13(2)19)10-16(12)18)21-8-4-7-20-6-3-5-14(20)11-21/h9-10,13-14H,3-8,11,19H2,1-2H3/t13-,14?/m0/s1. The summed E-state index contributed by atoms with van der Waals surface area (Å²) in [6, 6.07) is 4.13. The molecule has 2 fully saturated rings. The van der Waals surface area contributed by atoms with E-state index in [-0.39, 0.29) is 11.9 Å². The molecule has 2 saturated heterocycles. The van der Waals surface area contributed by atoms with E-state index in [0.29, 0.717) is 11.6 Å². The Hall–Kier alpha value is -1.13. The zero-order valence-corrected chi connectivity index (χ0v) is 13.1. The fourth-order valence-corrected chi connectivity index (χ4v) is 3.75. The number of benzene rings is 1. The highest BCUT2D eigenvalue weighted by Gasteiger charge is 2.29. The predicted molar refractivity (Wildman–Crippen MR) is 85.2 cm³/mol. The van der Waals surface area contributed by atoms with E-state index in [1.54, 1.807) is 6.07 Å². The van der Waals surface area contributed by atoms with Crippen LogP contribution in [0.4, 0.5) is 10.1 Å². The minimum absolute atomic E-state index is 0.141. The van der Waals surface area contributed by atoms with Gasteiger partial charge in [-0.25, -0.2) is 4.39 Å². The van der Waals surface area contributed by atoms with E-state index in [9.17, 15) is 4.39 Å². The van der Waals surface area contributed by atoms with Crippen LogP contribution in [-0.4, -0.2) is 37.1 Å². The first kappa shape index (κ1) is 14.8. The fraction of sp³-hybridized carbons (Fsp3) is 0.647. The van der Waals surface area contributed by atoms with Gasteiger partial charge in [0.2, 0.25) is 0 Å². The third-order valence-electron chi connectivity index (χ3n) is 4.94. The van der Waals surface area contributed by atoms with E-state index in [0.717, 1.165) is 24.3 Å². The van der Waals surface area contributed by atoms with Crippen molar-refractivity contribution in [2.24, 2.45) is 5.73 Å². The molecule has 2 N–H and O–H groups in total. The van der Waals surface area contributed by atoms with Gasteiger partial charge in [0.1, 0.15) is 5.82 Å². The Morgan fingerprint density at radius 3 is 2.76 bits per heavy atom. The summed E-state index contributed by atoms with van der Waals surface area (Å²) in [5.41, 5.74) is 8.86. The van der Waals surface area contributed by atoms with Gasteiger partial charge in [0, 0.05) is 37.4 Å². The lowest BCUT2D eigenvalue weighted by molar-refractivity contribution is 0.273. The topological polar surface area (TPSA) is 32.5 Å². The van der Waals surface area contributed by atoms with E-state index in [1.807, 2.05) is 19.9 Å². The summed E-state index contributed by atoms with van der Waals surface area (Å²) in [5, 5.41) is 0. The summed E-state index contributed by atoms with van der Waals surface area (Å²) in [5.74, 6) is -0.150. The number of anilines is 1. The Morgan fingerprint density at radius 1 is 1.24 bits per heavy atom. The number of aryl methyl sites for hydroxylation is 1. The molecule has 1 unspecified atom stereocenters. The molecule has 116 valence electrons. The van der Waals surface area contributed by atoms with Crippen molar-refractivity contribution in [1.29, 1.82) is 0 Å². The molecule has 0 radical (unpaired) electrons. The molecule has 0 aliphatic carbocycles. The van der Waals surface area contributed by atoms with Crippen LogP contribution in [0.2, 0.25) is 0 Å².